The molecule has 11 heteroatoms. The third kappa shape index (κ3) is 7.54. The van der Waals surface area contributed by atoms with E-state index >= 15 is 0 Å². The van der Waals surface area contributed by atoms with Gasteiger partial charge in [0.15, 0.2) is 0 Å². The second-order valence-corrected chi connectivity index (χ2v) is 11.5. The Balaban J connectivity index is 1.89. The maximum absolute atomic E-state index is 14.4. The first-order valence-corrected chi connectivity index (χ1v) is 13.8. The molecule has 0 radical (unpaired) electrons. The molecule has 2 aromatic rings. The summed E-state index contributed by atoms with van der Waals surface area (Å²) in [6.45, 7) is 5.07. The van der Waals surface area contributed by atoms with Gasteiger partial charge in [0.25, 0.3) is 11.5 Å². The van der Waals surface area contributed by atoms with Gasteiger partial charge < -0.3 is 15.0 Å². The maximum atomic E-state index is 14.4. The van der Waals surface area contributed by atoms with Gasteiger partial charge in [-0.3, -0.25) is 9.59 Å². The van der Waals surface area contributed by atoms with Crippen LogP contribution >= 0.6 is 0 Å². The summed E-state index contributed by atoms with van der Waals surface area (Å²) >= 11 is 0. The molecule has 1 aliphatic rings. The molecule has 1 aliphatic carbocycles. The minimum absolute atomic E-state index is 0.132. The van der Waals surface area contributed by atoms with Gasteiger partial charge in [0.1, 0.15) is 6.04 Å². The topological polar surface area (TPSA) is 88.4 Å². The molecule has 1 saturated carbocycles. The molecule has 1 aromatic heterocycles. The molecule has 0 aliphatic heterocycles. The van der Waals surface area contributed by atoms with Gasteiger partial charge in [-0.1, -0.05) is 57.9 Å². The van der Waals surface area contributed by atoms with Crippen LogP contribution in [0.5, 0.6) is 0 Å². The Morgan fingerprint density at radius 1 is 1.12 bits per heavy atom. The molecule has 41 heavy (non-hydrogen) atoms. The lowest BCUT2D eigenvalue weighted by Crippen LogP contribution is -2.48. The number of nitrogens with zero attached hydrogens (tertiary/aromatic N) is 1. The lowest BCUT2D eigenvalue weighted by Gasteiger charge is -2.29. The van der Waals surface area contributed by atoms with Crippen molar-refractivity contribution in [3.8, 4) is 0 Å². The third-order valence-corrected chi connectivity index (χ3v) is 8.23. The van der Waals surface area contributed by atoms with Gasteiger partial charge >= 0.3 is 12.1 Å². The van der Waals surface area contributed by atoms with Crippen LogP contribution in [0.2, 0.25) is 0 Å². The van der Waals surface area contributed by atoms with Crippen molar-refractivity contribution in [3.05, 3.63) is 68.6 Å². The number of carboxylic acid groups (broad SMARTS) is 1. The normalized spacial score (nSPS) is 20.8. The molecular formula is C30H37F5N2O4. The molecule has 3 atom stereocenters. The molecule has 226 valence electrons. The highest BCUT2D eigenvalue weighted by Crippen LogP contribution is 2.38. The Bertz CT molecular complexity index is 1340. The van der Waals surface area contributed by atoms with Crippen molar-refractivity contribution in [1.82, 2.24) is 9.88 Å². The molecule has 2 unspecified atom stereocenters. The zero-order chi connectivity index (χ0) is 30.8. The molecule has 1 fully saturated rings. The van der Waals surface area contributed by atoms with Crippen LogP contribution in [0.25, 0.3) is 0 Å². The summed E-state index contributed by atoms with van der Waals surface area (Å²) in [6.07, 6.45) is -2.46. The monoisotopic (exact) mass is 584 g/mol. The number of halogens is 5. The Morgan fingerprint density at radius 2 is 1.78 bits per heavy atom. The zero-order valence-corrected chi connectivity index (χ0v) is 23.7. The summed E-state index contributed by atoms with van der Waals surface area (Å²) in [5, 5.41) is 12.5. The second-order valence-electron chi connectivity index (χ2n) is 11.5. The summed E-state index contributed by atoms with van der Waals surface area (Å²) in [6, 6.07) is 5.08. The number of hydrogen-bond donors (Lipinski definition) is 2. The highest BCUT2D eigenvalue weighted by atomic mass is 19.4. The van der Waals surface area contributed by atoms with E-state index in [4.69, 9.17) is 0 Å². The van der Waals surface area contributed by atoms with Crippen LogP contribution in [0, 0.1) is 11.3 Å². The highest BCUT2D eigenvalue weighted by molar-refractivity contribution is 5.87. The van der Waals surface area contributed by atoms with Gasteiger partial charge in [-0.05, 0) is 42.4 Å². The first kappa shape index (κ1) is 32.3. The number of hydrogen-bond acceptors (Lipinski definition) is 3. The molecule has 0 spiro atoms. The number of carbonyl (C=O) groups excluding carboxylic acids is 1. The van der Waals surface area contributed by atoms with Crippen LogP contribution in [0.4, 0.5) is 22.0 Å². The predicted octanol–water partition coefficient (Wildman–Crippen LogP) is 6.22. The van der Waals surface area contributed by atoms with E-state index in [1.165, 1.54) is 18.2 Å². The number of amides is 1. The van der Waals surface area contributed by atoms with Crippen molar-refractivity contribution >= 4 is 11.9 Å². The van der Waals surface area contributed by atoms with Crippen LogP contribution < -0.4 is 10.9 Å². The summed E-state index contributed by atoms with van der Waals surface area (Å²) in [5.41, 5.74) is -4.34. The molecule has 1 heterocycles. The lowest BCUT2D eigenvalue weighted by molar-refractivity contribution is -0.144. The molecular weight excluding hydrogens is 547 g/mol. The van der Waals surface area contributed by atoms with Gasteiger partial charge in [-0.25, -0.2) is 4.79 Å². The number of pyridine rings is 1. The molecule has 3 rings (SSSR count). The molecule has 1 amide bonds. The van der Waals surface area contributed by atoms with E-state index in [0.717, 1.165) is 33.2 Å². The quantitative estimate of drug-likeness (QED) is 0.271. The van der Waals surface area contributed by atoms with E-state index in [9.17, 15) is 41.4 Å². The Kier molecular flexibility index (Phi) is 9.70. The Morgan fingerprint density at radius 3 is 2.39 bits per heavy atom. The lowest BCUT2D eigenvalue weighted by atomic mass is 9.81. The van der Waals surface area contributed by atoms with E-state index < -0.39 is 64.7 Å². The second kappa shape index (κ2) is 12.3. The molecule has 0 saturated heterocycles. The van der Waals surface area contributed by atoms with Crippen molar-refractivity contribution in [1.29, 1.82) is 0 Å². The SMILES string of the molecule is CCC(F)(F)c1cc(C(F)(F)F)c(Cc2cccc(C[C@H](NC(=O)C3(C)CCCC(C)CC3)C(=O)O)c2)c(=O)n1C. The van der Waals surface area contributed by atoms with Crippen LogP contribution in [0.15, 0.2) is 35.1 Å². The number of rotatable bonds is 9. The summed E-state index contributed by atoms with van der Waals surface area (Å²) in [7, 11) is 1.01. The molecule has 2 N–H and O–H groups in total. The molecule has 1 aromatic carbocycles. The number of benzene rings is 1. The number of carbonyl (C=O) groups is 2. The van der Waals surface area contributed by atoms with Crippen molar-refractivity contribution in [3.63, 3.8) is 0 Å². The Labute approximate surface area is 236 Å². The van der Waals surface area contributed by atoms with Crippen molar-refractivity contribution in [2.45, 2.75) is 90.3 Å². The van der Waals surface area contributed by atoms with Gasteiger partial charge in [-0.15, -0.1) is 0 Å². The minimum atomic E-state index is -5.05. The standard InChI is InChI=1S/C30H37F5N2O4/c1-5-29(31,32)24-17-22(30(33,34)35)21(25(38)37(24)4)15-19-9-6-10-20(14-19)16-23(26(39)40)36-27(41)28(3)12-7-8-18(2)11-13-28/h6,9-10,14,17-18,23H,5,7-8,11-13,15-16H2,1-4H3,(H,36,41)(H,39,40)/t18?,23-,28?/m0/s1. The van der Waals surface area contributed by atoms with E-state index in [0.29, 0.717) is 35.0 Å². The van der Waals surface area contributed by atoms with E-state index in [2.05, 4.69) is 12.2 Å². The van der Waals surface area contributed by atoms with Crippen LogP contribution in [0.3, 0.4) is 0 Å². The van der Waals surface area contributed by atoms with E-state index in [1.807, 2.05) is 6.92 Å². The van der Waals surface area contributed by atoms with Crippen molar-refractivity contribution < 1.29 is 36.6 Å². The number of alkyl halides is 5. The van der Waals surface area contributed by atoms with Crippen molar-refractivity contribution in [2.24, 2.45) is 18.4 Å². The van der Waals surface area contributed by atoms with Crippen LogP contribution in [0.1, 0.15) is 87.2 Å². The van der Waals surface area contributed by atoms with Crippen LogP contribution in [-0.2, 0) is 41.6 Å². The zero-order valence-electron chi connectivity index (χ0n) is 23.7. The van der Waals surface area contributed by atoms with Gasteiger partial charge in [-0.2, -0.15) is 22.0 Å². The molecule has 0 bridgehead atoms. The highest BCUT2D eigenvalue weighted by Gasteiger charge is 2.40. The predicted molar refractivity (Wildman–Crippen MR) is 144 cm³/mol. The fourth-order valence-corrected chi connectivity index (χ4v) is 5.44. The maximum Gasteiger partial charge on any atom is 0.416 e. The molecule has 6 nitrogen and oxygen atoms in total. The largest absolute Gasteiger partial charge is 0.480 e. The van der Waals surface area contributed by atoms with Gasteiger partial charge in [0.05, 0.1) is 11.3 Å². The summed E-state index contributed by atoms with van der Waals surface area (Å²) in [5.74, 6) is -4.75. The fraction of sp³-hybridized carbons (Fsp3) is 0.567. The summed E-state index contributed by atoms with van der Waals surface area (Å²) < 4.78 is 71.0. The smallest absolute Gasteiger partial charge is 0.416 e. The number of aliphatic carboxylic acids is 1. The fourth-order valence-electron chi connectivity index (χ4n) is 5.44. The van der Waals surface area contributed by atoms with Gasteiger partial charge in [0, 0.05) is 37.3 Å². The van der Waals surface area contributed by atoms with E-state index in [1.54, 1.807) is 6.07 Å². The summed E-state index contributed by atoms with van der Waals surface area (Å²) in [4.78, 5) is 38.1. The number of nitrogens with one attached hydrogen (secondary N) is 1. The minimum Gasteiger partial charge on any atom is -0.480 e. The number of aromatic nitrogens is 1. The van der Waals surface area contributed by atoms with E-state index in [-0.39, 0.29) is 17.9 Å². The van der Waals surface area contributed by atoms with Gasteiger partial charge in [0.2, 0.25) is 5.91 Å². The van der Waals surface area contributed by atoms with Crippen LogP contribution in [-0.4, -0.2) is 27.6 Å². The van der Waals surface area contributed by atoms with Crippen molar-refractivity contribution in [2.75, 3.05) is 0 Å². The number of carboxylic acids is 1. The average molecular weight is 585 g/mol. The first-order chi connectivity index (χ1) is 19.0. The Hall–Kier alpha value is -3.24. The third-order valence-electron chi connectivity index (χ3n) is 8.23. The first-order valence-electron chi connectivity index (χ1n) is 13.8. The average Bonchev–Trinajstić information content (AvgIpc) is 3.06.